The van der Waals surface area contributed by atoms with E-state index in [-0.39, 0.29) is 0 Å². The molecule has 0 radical (unpaired) electrons. The van der Waals surface area contributed by atoms with Gasteiger partial charge in [0.1, 0.15) is 22.5 Å². The zero-order valence-electron chi connectivity index (χ0n) is 44.1. The van der Waals surface area contributed by atoms with E-state index in [0.29, 0.717) is 0 Å². The summed E-state index contributed by atoms with van der Waals surface area (Å²) in [6, 6.07) is 85.0. The van der Waals surface area contributed by atoms with Crippen molar-refractivity contribution in [2.24, 2.45) is 0 Å². The Labute approximate surface area is 475 Å². The van der Waals surface area contributed by atoms with Gasteiger partial charge in [-0.2, -0.15) is 0 Å². The van der Waals surface area contributed by atoms with Crippen molar-refractivity contribution in [3.63, 3.8) is 0 Å². The van der Waals surface area contributed by atoms with Gasteiger partial charge < -0.3 is 4.42 Å². The molecule has 1 aliphatic carbocycles. The van der Waals surface area contributed by atoms with Crippen LogP contribution in [0.4, 0.5) is 0 Å². The van der Waals surface area contributed by atoms with Gasteiger partial charge in [0.05, 0.1) is 11.4 Å². The van der Waals surface area contributed by atoms with Crippen molar-refractivity contribution < 1.29 is 4.42 Å². The highest BCUT2D eigenvalue weighted by atomic mass is 32.1. The molecule has 0 unspecified atom stereocenters. The molecular weight excluding hydrogens is 1020 g/mol. The predicted molar refractivity (Wildman–Crippen MR) is 338 cm³/mol. The lowest BCUT2D eigenvalue weighted by Crippen LogP contribution is -1.97. The van der Waals surface area contributed by atoms with Crippen LogP contribution >= 0.6 is 11.3 Å². The molecule has 6 nitrogen and oxygen atoms in total. The fraction of sp³-hybridized carbons (Fsp3) is 0.0133. The quantitative estimate of drug-likeness (QED) is 0.152. The van der Waals surface area contributed by atoms with Crippen LogP contribution in [-0.4, -0.2) is 24.5 Å². The van der Waals surface area contributed by atoms with Gasteiger partial charge in [-0.1, -0.05) is 146 Å². The van der Waals surface area contributed by atoms with E-state index < -0.39 is 0 Å². The summed E-state index contributed by atoms with van der Waals surface area (Å²) in [7, 11) is 0. The Kier molecular flexibility index (Phi) is 10.4. The average molecular weight is 1060 g/mol. The molecule has 1 aliphatic rings. The van der Waals surface area contributed by atoms with Gasteiger partial charge in [0.2, 0.25) is 0 Å². The van der Waals surface area contributed by atoms with Crippen molar-refractivity contribution in [2.75, 3.05) is 0 Å². The van der Waals surface area contributed by atoms with Crippen LogP contribution in [0.1, 0.15) is 11.1 Å². The molecule has 0 N–H and O–H groups in total. The van der Waals surface area contributed by atoms with Gasteiger partial charge >= 0.3 is 0 Å². The maximum atomic E-state index is 6.68. The first-order valence-corrected chi connectivity index (χ1v) is 28.5. The summed E-state index contributed by atoms with van der Waals surface area (Å²) < 4.78 is 11.4. The summed E-state index contributed by atoms with van der Waals surface area (Å²) in [6.07, 6.45) is 8.48. The Balaban J connectivity index is 0.805. The van der Waals surface area contributed by atoms with Gasteiger partial charge in [-0.05, 0) is 164 Å². The van der Waals surface area contributed by atoms with Crippen LogP contribution in [0.15, 0.2) is 266 Å². The minimum atomic E-state index is 0.843. The number of fused-ring (bicyclic) bond motifs is 12. The summed E-state index contributed by atoms with van der Waals surface area (Å²) >= 11 is 1.90. The molecule has 0 fully saturated rings. The van der Waals surface area contributed by atoms with E-state index in [2.05, 4.69) is 217 Å². The molecule has 7 aromatic heterocycles. The normalized spacial score (nSPS) is 12.1. The predicted octanol–water partition coefficient (Wildman–Crippen LogP) is 19.9. The lowest BCUT2D eigenvalue weighted by Gasteiger charge is -2.13. The molecule has 382 valence electrons. The fourth-order valence-electron chi connectivity index (χ4n) is 12.9. The first-order chi connectivity index (χ1) is 40.6. The Hall–Kier alpha value is -10.6. The highest BCUT2D eigenvalue weighted by molar-refractivity contribution is 7.27. The number of pyridine rings is 4. The molecule has 16 aromatic rings. The first-order valence-electron chi connectivity index (χ1n) is 27.7. The zero-order valence-corrected chi connectivity index (χ0v) is 44.9. The lowest BCUT2D eigenvalue weighted by atomic mass is 9.91. The van der Waals surface area contributed by atoms with E-state index in [9.17, 15) is 0 Å². The maximum absolute atomic E-state index is 6.68. The van der Waals surface area contributed by atoms with Crippen molar-refractivity contribution in [1.82, 2.24) is 24.5 Å². The third-order valence-electron chi connectivity index (χ3n) is 16.7. The van der Waals surface area contributed by atoms with Crippen LogP contribution in [0.3, 0.4) is 0 Å². The number of nitrogens with zero attached hydrogens (tertiary/aromatic N) is 5. The number of hydrogen-bond donors (Lipinski definition) is 0. The SMILES string of the molecule is c1ccc(-c2ccccc2-c2cc(-c3ccc4oc5ccc(-c6cccc(-n7c8ncccc8c8cc(-c9ccccc9-c9ccccn9)cnc87)c6)cc5c4c3)c3sc4c(-c5cccc6c5Cc5ccccc5-6)cccc4c3c2)nc1. The number of aromatic nitrogens is 5. The van der Waals surface area contributed by atoms with Crippen molar-refractivity contribution >= 4 is 75.5 Å². The Morgan fingerprint density at radius 1 is 0.329 bits per heavy atom. The highest BCUT2D eigenvalue weighted by Gasteiger charge is 2.25. The van der Waals surface area contributed by atoms with Crippen LogP contribution < -0.4 is 0 Å². The van der Waals surface area contributed by atoms with Crippen LogP contribution in [-0.2, 0) is 6.42 Å². The fourth-order valence-corrected chi connectivity index (χ4v) is 14.3. The van der Waals surface area contributed by atoms with E-state index in [0.717, 1.165) is 118 Å². The molecule has 0 bridgehead atoms. The van der Waals surface area contributed by atoms with Gasteiger partial charge in [0, 0.05) is 94.4 Å². The second-order valence-corrected chi connectivity index (χ2v) is 22.3. The molecule has 0 amide bonds. The third kappa shape index (κ3) is 7.33. The molecule has 0 spiro atoms. The Morgan fingerprint density at radius 3 is 1.66 bits per heavy atom. The summed E-state index contributed by atoms with van der Waals surface area (Å²) in [5, 5.41) is 6.69. The minimum Gasteiger partial charge on any atom is -0.456 e. The molecule has 7 heteroatoms. The molecule has 9 aromatic carbocycles. The van der Waals surface area contributed by atoms with Gasteiger partial charge in [0.25, 0.3) is 0 Å². The number of benzene rings is 9. The number of furan rings is 1. The van der Waals surface area contributed by atoms with Crippen LogP contribution in [0.5, 0.6) is 0 Å². The van der Waals surface area contributed by atoms with E-state index in [1.165, 1.54) is 59.1 Å². The van der Waals surface area contributed by atoms with Crippen molar-refractivity contribution in [3.8, 4) is 95.0 Å². The number of rotatable bonds is 8. The summed E-state index contributed by atoms with van der Waals surface area (Å²) in [6.45, 7) is 0. The van der Waals surface area contributed by atoms with E-state index in [1.807, 2.05) is 60.4 Å². The van der Waals surface area contributed by atoms with Gasteiger partial charge in [-0.3, -0.25) is 14.5 Å². The minimum absolute atomic E-state index is 0.843. The van der Waals surface area contributed by atoms with E-state index in [4.69, 9.17) is 24.4 Å². The van der Waals surface area contributed by atoms with E-state index in [1.54, 1.807) is 0 Å². The molecule has 82 heavy (non-hydrogen) atoms. The molecule has 0 saturated heterocycles. The van der Waals surface area contributed by atoms with Crippen LogP contribution in [0, 0.1) is 0 Å². The molecule has 7 heterocycles. The largest absolute Gasteiger partial charge is 0.456 e. The molecule has 17 rings (SSSR count). The van der Waals surface area contributed by atoms with Crippen molar-refractivity contribution in [3.05, 3.63) is 273 Å². The number of thiophene rings is 1. The average Bonchev–Trinajstić information content (AvgIpc) is 4.01. The number of hydrogen-bond acceptors (Lipinski definition) is 6. The van der Waals surface area contributed by atoms with Crippen LogP contribution in [0.2, 0.25) is 0 Å². The second kappa shape index (κ2) is 18.5. The summed E-state index contributed by atoms with van der Waals surface area (Å²) in [4.78, 5) is 19.7. The monoisotopic (exact) mass is 1060 g/mol. The second-order valence-electron chi connectivity index (χ2n) is 21.3. The van der Waals surface area contributed by atoms with Gasteiger partial charge in [-0.25, -0.2) is 9.97 Å². The molecule has 0 saturated carbocycles. The van der Waals surface area contributed by atoms with E-state index >= 15 is 0 Å². The first kappa shape index (κ1) is 46.3. The summed E-state index contributed by atoms with van der Waals surface area (Å²) in [5.41, 5.74) is 25.3. The third-order valence-corrected chi connectivity index (χ3v) is 18.0. The zero-order chi connectivity index (χ0) is 53.8. The standard InChI is InChI=1S/C75H45N5OS/c1-2-18-52-47(15-1)39-63-55(52)23-12-24-56(63)59-25-13-26-60-66-42-49(53-19-3-5-21-57(53)68-28-7-9-34-76-68)41-62(73(66)82-72(59)60)48-31-33-71-65(40-48)64-38-46(30-32-70(64)81-71)45-16-11-17-51(37-45)80-74-61(27-14-36-78-74)67-43-50(44-79-75(67)80)54-20-4-6-22-58(54)69-29-8-10-35-77-69/h1-38,40-44H,39H2. The topological polar surface area (TPSA) is 69.6 Å². The van der Waals surface area contributed by atoms with Crippen LogP contribution in [0.25, 0.3) is 159 Å². The lowest BCUT2D eigenvalue weighted by molar-refractivity contribution is 0.669. The molecule has 0 atom stereocenters. The Bertz CT molecular complexity index is 5270. The highest BCUT2D eigenvalue weighted by Crippen LogP contribution is 2.50. The Morgan fingerprint density at radius 2 is 0.890 bits per heavy atom. The van der Waals surface area contributed by atoms with Crippen molar-refractivity contribution in [1.29, 1.82) is 0 Å². The molecule has 0 aliphatic heterocycles. The smallest absolute Gasteiger partial charge is 0.146 e. The van der Waals surface area contributed by atoms with Gasteiger partial charge in [-0.15, -0.1) is 11.3 Å². The maximum Gasteiger partial charge on any atom is 0.146 e. The molecular formula is C75H45N5OS. The van der Waals surface area contributed by atoms with Gasteiger partial charge in [0.15, 0.2) is 0 Å². The summed E-state index contributed by atoms with van der Waals surface area (Å²) in [5.74, 6) is 0. The van der Waals surface area contributed by atoms with Crippen molar-refractivity contribution in [2.45, 2.75) is 6.42 Å².